The van der Waals surface area contributed by atoms with Crippen LogP contribution in [-0.2, 0) is 0 Å². The van der Waals surface area contributed by atoms with Gasteiger partial charge in [0, 0.05) is 16.8 Å². The second-order valence-corrected chi connectivity index (χ2v) is 6.21. The number of hydrogen-bond donors (Lipinski definition) is 1. The molecule has 0 aliphatic heterocycles. The first-order valence-electron chi connectivity index (χ1n) is 9.26. The number of nitriles is 1. The van der Waals surface area contributed by atoms with Gasteiger partial charge < -0.3 is 15.2 Å². The van der Waals surface area contributed by atoms with Gasteiger partial charge in [0.15, 0.2) is 11.5 Å². The molecule has 0 aliphatic rings. The summed E-state index contributed by atoms with van der Waals surface area (Å²) in [6.07, 6.45) is 0. The quantitative estimate of drug-likeness (QED) is 0.659. The fourth-order valence-corrected chi connectivity index (χ4v) is 3.29. The van der Waals surface area contributed by atoms with E-state index in [0.717, 1.165) is 27.9 Å². The lowest BCUT2D eigenvalue weighted by molar-refractivity contribution is 0.288. The van der Waals surface area contributed by atoms with Crippen LogP contribution in [-0.4, -0.2) is 18.2 Å². The van der Waals surface area contributed by atoms with Crippen molar-refractivity contribution in [2.45, 2.75) is 20.8 Å². The SMILES string of the molecule is CCOc1ccc(-c2c(C#N)c(N)nc(C)c2-c2ccccc2)cc1OCC. The molecule has 0 spiro atoms. The first-order chi connectivity index (χ1) is 13.6. The molecular formula is C23H23N3O2. The van der Waals surface area contributed by atoms with E-state index in [0.29, 0.717) is 30.3 Å². The van der Waals surface area contributed by atoms with Gasteiger partial charge in [-0.2, -0.15) is 5.26 Å². The molecular weight excluding hydrogens is 350 g/mol. The van der Waals surface area contributed by atoms with Gasteiger partial charge in [-0.15, -0.1) is 0 Å². The molecule has 2 N–H and O–H groups in total. The molecule has 1 heterocycles. The monoisotopic (exact) mass is 373 g/mol. The Hall–Kier alpha value is -3.52. The van der Waals surface area contributed by atoms with Crippen molar-refractivity contribution in [1.29, 1.82) is 5.26 Å². The zero-order chi connectivity index (χ0) is 20.1. The van der Waals surface area contributed by atoms with E-state index in [4.69, 9.17) is 15.2 Å². The van der Waals surface area contributed by atoms with Crippen LogP contribution in [0.1, 0.15) is 25.1 Å². The molecule has 0 bridgehead atoms. The lowest BCUT2D eigenvalue weighted by atomic mass is 9.90. The van der Waals surface area contributed by atoms with Gasteiger partial charge >= 0.3 is 0 Å². The highest BCUT2D eigenvalue weighted by Crippen LogP contribution is 2.41. The Balaban J connectivity index is 2.32. The summed E-state index contributed by atoms with van der Waals surface area (Å²) in [5, 5.41) is 9.81. The van der Waals surface area contributed by atoms with Gasteiger partial charge in [0.2, 0.25) is 0 Å². The molecule has 5 nitrogen and oxygen atoms in total. The van der Waals surface area contributed by atoms with Gasteiger partial charge in [-0.1, -0.05) is 36.4 Å². The number of aryl methyl sites for hydroxylation is 1. The number of pyridine rings is 1. The van der Waals surface area contributed by atoms with Crippen LogP contribution >= 0.6 is 0 Å². The predicted molar refractivity (Wildman–Crippen MR) is 111 cm³/mol. The molecule has 0 saturated heterocycles. The third-order valence-electron chi connectivity index (χ3n) is 4.41. The first kappa shape index (κ1) is 19.2. The number of nitrogens with zero attached hydrogens (tertiary/aromatic N) is 2. The maximum absolute atomic E-state index is 9.81. The largest absolute Gasteiger partial charge is 0.490 e. The van der Waals surface area contributed by atoms with Gasteiger partial charge in [0.25, 0.3) is 0 Å². The van der Waals surface area contributed by atoms with Crippen LogP contribution in [0.25, 0.3) is 22.3 Å². The Morgan fingerprint density at radius 3 is 2.25 bits per heavy atom. The van der Waals surface area contributed by atoms with Gasteiger partial charge in [0.1, 0.15) is 17.5 Å². The van der Waals surface area contributed by atoms with Crippen LogP contribution in [0.5, 0.6) is 11.5 Å². The van der Waals surface area contributed by atoms with Crippen LogP contribution in [0.4, 0.5) is 5.82 Å². The zero-order valence-corrected chi connectivity index (χ0v) is 16.3. The Kier molecular flexibility index (Phi) is 5.81. The molecule has 0 atom stereocenters. The number of ether oxygens (including phenoxy) is 2. The zero-order valence-electron chi connectivity index (χ0n) is 16.3. The first-order valence-corrected chi connectivity index (χ1v) is 9.26. The minimum Gasteiger partial charge on any atom is -0.490 e. The maximum atomic E-state index is 9.81. The highest BCUT2D eigenvalue weighted by Gasteiger charge is 2.20. The summed E-state index contributed by atoms with van der Waals surface area (Å²) in [5.41, 5.74) is 10.7. The molecule has 0 saturated carbocycles. The van der Waals surface area contributed by atoms with E-state index in [1.54, 1.807) is 0 Å². The minimum absolute atomic E-state index is 0.224. The van der Waals surface area contributed by atoms with Gasteiger partial charge in [-0.25, -0.2) is 4.98 Å². The van der Waals surface area contributed by atoms with Gasteiger partial charge in [0.05, 0.1) is 13.2 Å². The van der Waals surface area contributed by atoms with Crippen molar-refractivity contribution >= 4 is 5.82 Å². The number of nitrogens with two attached hydrogens (primary N) is 1. The van der Waals surface area contributed by atoms with E-state index in [2.05, 4.69) is 11.1 Å². The Morgan fingerprint density at radius 2 is 1.61 bits per heavy atom. The standard InChI is InChI=1S/C23H23N3O2/c1-4-27-19-12-11-17(13-20(19)28-5-2)22-18(14-24)23(25)26-15(3)21(22)16-9-7-6-8-10-16/h6-13H,4-5H2,1-3H3,(H2,25,26). The topological polar surface area (TPSA) is 81.2 Å². The molecule has 142 valence electrons. The van der Waals surface area contributed by atoms with Crippen LogP contribution in [0.2, 0.25) is 0 Å². The number of hydrogen-bond acceptors (Lipinski definition) is 5. The highest BCUT2D eigenvalue weighted by molar-refractivity contribution is 5.91. The molecule has 1 aromatic heterocycles. The highest BCUT2D eigenvalue weighted by atomic mass is 16.5. The molecule has 0 fully saturated rings. The summed E-state index contributed by atoms with van der Waals surface area (Å²) in [6, 6.07) is 17.8. The van der Waals surface area contributed by atoms with Crippen molar-refractivity contribution < 1.29 is 9.47 Å². The van der Waals surface area contributed by atoms with Crippen molar-refractivity contribution in [3.63, 3.8) is 0 Å². The molecule has 2 aromatic carbocycles. The molecule has 3 rings (SSSR count). The number of benzene rings is 2. The molecule has 5 heteroatoms. The second-order valence-electron chi connectivity index (χ2n) is 6.21. The Labute approximate surface area is 165 Å². The summed E-state index contributed by atoms with van der Waals surface area (Å²) >= 11 is 0. The average Bonchev–Trinajstić information content (AvgIpc) is 2.70. The molecule has 0 radical (unpaired) electrons. The minimum atomic E-state index is 0.224. The van der Waals surface area contributed by atoms with Crippen LogP contribution < -0.4 is 15.2 Å². The molecule has 0 aliphatic carbocycles. The van der Waals surface area contributed by atoms with E-state index in [9.17, 15) is 5.26 Å². The summed E-state index contributed by atoms with van der Waals surface area (Å²) in [6.45, 7) is 6.81. The van der Waals surface area contributed by atoms with E-state index < -0.39 is 0 Å². The van der Waals surface area contributed by atoms with E-state index in [-0.39, 0.29) is 5.82 Å². The van der Waals surface area contributed by atoms with Crippen molar-refractivity contribution in [3.05, 3.63) is 59.8 Å². The van der Waals surface area contributed by atoms with Crippen molar-refractivity contribution in [2.24, 2.45) is 0 Å². The Bertz CT molecular complexity index is 1020. The van der Waals surface area contributed by atoms with Gasteiger partial charge in [-0.3, -0.25) is 0 Å². The fourth-order valence-electron chi connectivity index (χ4n) is 3.29. The van der Waals surface area contributed by atoms with Crippen LogP contribution in [0, 0.1) is 18.3 Å². The molecule has 0 unspecified atom stereocenters. The number of aromatic nitrogens is 1. The molecule has 28 heavy (non-hydrogen) atoms. The Morgan fingerprint density at radius 1 is 0.929 bits per heavy atom. The normalized spacial score (nSPS) is 10.4. The number of rotatable bonds is 6. The van der Waals surface area contributed by atoms with Crippen LogP contribution in [0.3, 0.4) is 0 Å². The third-order valence-corrected chi connectivity index (χ3v) is 4.41. The van der Waals surface area contributed by atoms with Crippen molar-refractivity contribution in [1.82, 2.24) is 4.98 Å². The van der Waals surface area contributed by atoms with E-state index in [1.165, 1.54) is 0 Å². The van der Waals surface area contributed by atoms with Crippen LogP contribution in [0.15, 0.2) is 48.5 Å². The summed E-state index contributed by atoms with van der Waals surface area (Å²) in [5.74, 6) is 1.53. The second kappa shape index (κ2) is 8.45. The van der Waals surface area contributed by atoms with E-state index in [1.807, 2.05) is 69.3 Å². The average molecular weight is 373 g/mol. The summed E-state index contributed by atoms with van der Waals surface area (Å²) in [7, 11) is 0. The summed E-state index contributed by atoms with van der Waals surface area (Å²) in [4.78, 5) is 4.41. The number of anilines is 1. The third kappa shape index (κ3) is 3.63. The number of nitrogen functional groups attached to an aromatic ring is 1. The molecule has 3 aromatic rings. The lowest BCUT2D eigenvalue weighted by Crippen LogP contribution is -2.04. The smallest absolute Gasteiger partial charge is 0.161 e. The van der Waals surface area contributed by atoms with E-state index >= 15 is 0 Å². The maximum Gasteiger partial charge on any atom is 0.161 e. The summed E-state index contributed by atoms with van der Waals surface area (Å²) < 4.78 is 11.4. The fraction of sp³-hybridized carbons (Fsp3) is 0.217. The van der Waals surface area contributed by atoms with Crippen molar-refractivity contribution in [3.8, 4) is 39.8 Å². The predicted octanol–water partition coefficient (Wildman–Crippen LogP) is 4.98. The van der Waals surface area contributed by atoms with Gasteiger partial charge in [-0.05, 0) is 44.0 Å². The van der Waals surface area contributed by atoms with Crippen molar-refractivity contribution in [2.75, 3.05) is 18.9 Å². The molecule has 0 amide bonds. The lowest BCUT2D eigenvalue weighted by Gasteiger charge is -2.18.